The van der Waals surface area contributed by atoms with Gasteiger partial charge in [0.2, 0.25) is 0 Å². The molecule has 23 heavy (non-hydrogen) atoms. The van der Waals surface area contributed by atoms with Crippen molar-refractivity contribution in [3.63, 3.8) is 0 Å². The molecule has 1 aromatic rings. The number of aliphatic hydroxyl groups is 1. The molecule has 5 nitrogen and oxygen atoms in total. The first kappa shape index (κ1) is 21.1. The average molecular weight is 324 g/mol. The molecular weight excluding hydrogens is 296 g/mol. The topological polar surface area (TPSA) is 72.8 Å². The average Bonchev–Trinajstić information content (AvgIpc) is 2.56. The Hall–Kier alpha value is -1.88. The molecule has 0 aliphatic rings. The number of rotatable bonds is 8. The predicted octanol–water partition coefficient (Wildman–Crippen LogP) is 3.60. The standard InChI is InChI=1S/C16H22O4.C2H6O/c1-3-5-11-19-15(17)13-9-7-8-10-14(13)16(18)20-12-6-4-2;1-2-3/h7-10H,3-6,11-12H2,1-2H3;3H,2H2,1H3. The number of ether oxygens (including phenoxy) is 2. The van der Waals surface area contributed by atoms with Gasteiger partial charge >= 0.3 is 11.9 Å². The van der Waals surface area contributed by atoms with E-state index in [1.807, 2.05) is 13.8 Å². The molecule has 0 radical (unpaired) electrons. The van der Waals surface area contributed by atoms with Gasteiger partial charge in [-0.3, -0.25) is 0 Å². The van der Waals surface area contributed by atoms with Gasteiger partial charge in [-0.2, -0.15) is 0 Å². The molecule has 5 heteroatoms. The molecule has 0 unspecified atom stereocenters. The molecule has 0 aromatic heterocycles. The monoisotopic (exact) mass is 324 g/mol. The van der Waals surface area contributed by atoms with Gasteiger partial charge < -0.3 is 14.6 Å². The van der Waals surface area contributed by atoms with Crippen molar-refractivity contribution in [3.05, 3.63) is 35.4 Å². The molecule has 130 valence electrons. The third-order valence-corrected chi connectivity index (χ3v) is 2.83. The first-order chi connectivity index (χ1) is 11.1. The summed E-state index contributed by atoms with van der Waals surface area (Å²) in [4.78, 5) is 23.9. The Bertz CT molecular complexity index is 415. The third-order valence-electron chi connectivity index (χ3n) is 2.83. The van der Waals surface area contributed by atoms with Crippen LogP contribution in [0, 0.1) is 0 Å². The van der Waals surface area contributed by atoms with Gasteiger partial charge in [0.25, 0.3) is 0 Å². The van der Waals surface area contributed by atoms with Gasteiger partial charge in [0.1, 0.15) is 0 Å². The molecule has 1 aromatic carbocycles. The number of unbranched alkanes of at least 4 members (excludes halogenated alkanes) is 2. The van der Waals surface area contributed by atoms with E-state index in [-0.39, 0.29) is 17.7 Å². The molecule has 0 fully saturated rings. The molecule has 0 atom stereocenters. The van der Waals surface area contributed by atoms with Crippen LogP contribution in [0.4, 0.5) is 0 Å². The maximum absolute atomic E-state index is 11.9. The Morgan fingerprint density at radius 1 is 0.870 bits per heavy atom. The molecule has 0 saturated carbocycles. The zero-order valence-electron chi connectivity index (χ0n) is 14.3. The summed E-state index contributed by atoms with van der Waals surface area (Å²) < 4.78 is 10.3. The minimum atomic E-state index is -0.471. The van der Waals surface area contributed by atoms with Crippen molar-refractivity contribution in [1.29, 1.82) is 0 Å². The van der Waals surface area contributed by atoms with Crippen LogP contribution in [0.5, 0.6) is 0 Å². The van der Waals surface area contributed by atoms with Crippen molar-refractivity contribution in [2.24, 2.45) is 0 Å². The predicted molar refractivity (Wildman–Crippen MR) is 89.6 cm³/mol. The number of carbonyl (C=O) groups is 2. The number of carbonyl (C=O) groups excluding carboxylic acids is 2. The minimum Gasteiger partial charge on any atom is -0.462 e. The number of benzene rings is 1. The van der Waals surface area contributed by atoms with Gasteiger partial charge in [-0.25, -0.2) is 9.59 Å². The number of aliphatic hydroxyl groups excluding tert-OH is 1. The largest absolute Gasteiger partial charge is 0.462 e. The fraction of sp³-hybridized carbons (Fsp3) is 0.556. The zero-order chi connectivity index (χ0) is 17.5. The fourth-order valence-corrected chi connectivity index (χ4v) is 1.61. The van der Waals surface area contributed by atoms with E-state index in [1.165, 1.54) is 0 Å². The van der Waals surface area contributed by atoms with Crippen LogP contribution in [0.15, 0.2) is 24.3 Å². The Kier molecular flexibility index (Phi) is 12.6. The second-order valence-electron chi connectivity index (χ2n) is 4.84. The van der Waals surface area contributed by atoms with Crippen molar-refractivity contribution in [3.8, 4) is 0 Å². The van der Waals surface area contributed by atoms with E-state index in [2.05, 4.69) is 0 Å². The zero-order valence-corrected chi connectivity index (χ0v) is 14.3. The summed E-state index contributed by atoms with van der Waals surface area (Å²) in [7, 11) is 0. The molecule has 0 saturated heterocycles. The van der Waals surface area contributed by atoms with Gasteiger partial charge in [-0.05, 0) is 31.9 Å². The van der Waals surface area contributed by atoms with E-state index in [0.717, 1.165) is 25.7 Å². The van der Waals surface area contributed by atoms with Crippen molar-refractivity contribution < 1.29 is 24.2 Å². The Morgan fingerprint density at radius 3 is 1.52 bits per heavy atom. The van der Waals surface area contributed by atoms with E-state index in [0.29, 0.717) is 13.2 Å². The number of hydrogen-bond donors (Lipinski definition) is 1. The fourth-order valence-electron chi connectivity index (χ4n) is 1.61. The van der Waals surface area contributed by atoms with Crippen LogP contribution in [-0.4, -0.2) is 36.9 Å². The second-order valence-corrected chi connectivity index (χ2v) is 4.84. The smallest absolute Gasteiger partial charge is 0.339 e. The normalized spacial score (nSPS) is 9.57. The quantitative estimate of drug-likeness (QED) is 0.584. The lowest BCUT2D eigenvalue weighted by atomic mass is 10.1. The van der Waals surface area contributed by atoms with Crippen LogP contribution < -0.4 is 0 Å². The SMILES string of the molecule is CCCCOC(=O)c1ccccc1C(=O)OCCCC.CCO. The van der Waals surface area contributed by atoms with Gasteiger partial charge in [0, 0.05) is 6.61 Å². The van der Waals surface area contributed by atoms with Crippen LogP contribution in [0.1, 0.15) is 67.2 Å². The highest BCUT2D eigenvalue weighted by Gasteiger charge is 2.18. The first-order valence-electron chi connectivity index (χ1n) is 8.16. The summed E-state index contributed by atoms with van der Waals surface area (Å²) in [5.74, 6) is -0.942. The molecule has 1 rings (SSSR count). The summed E-state index contributed by atoms with van der Waals surface area (Å²) in [6, 6.07) is 6.59. The minimum absolute atomic E-state index is 0.250. The van der Waals surface area contributed by atoms with Crippen molar-refractivity contribution in [2.75, 3.05) is 19.8 Å². The third kappa shape index (κ3) is 8.98. The van der Waals surface area contributed by atoms with E-state index in [9.17, 15) is 9.59 Å². The molecule has 0 spiro atoms. The van der Waals surface area contributed by atoms with Crippen LogP contribution in [-0.2, 0) is 9.47 Å². The summed E-state index contributed by atoms with van der Waals surface area (Å²) in [5, 5.41) is 7.57. The first-order valence-corrected chi connectivity index (χ1v) is 8.16. The van der Waals surface area contributed by atoms with E-state index in [4.69, 9.17) is 14.6 Å². The highest BCUT2D eigenvalue weighted by Crippen LogP contribution is 2.12. The maximum atomic E-state index is 11.9. The van der Waals surface area contributed by atoms with Gasteiger partial charge in [0.15, 0.2) is 0 Å². The lowest BCUT2D eigenvalue weighted by Crippen LogP contribution is -2.14. The van der Waals surface area contributed by atoms with E-state index < -0.39 is 11.9 Å². The van der Waals surface area contributed by atoms with Crippen LogP contribution in [0.3, 0.4) is 0 Å². The van der Waals surface area contributed by atoms with Gasteiger partial charge in [-0.1, -0.05) is 38.8 Å². The van der Waals surface area contributed by atoms with Crippen LogP contribution in [0.2, 0.25) is 0 Å². The summed E-state index contributed by atoms with van der Waals surface area (Å²) in [6.07, 6.45) is 3.53. The van der Waals surface area contributed by atoms with Crippen LogP contribution >= 0.6 is 0 Å². The number of esters is 2. The van der Waals surface area contributed by atoms with Crippen LogP contribution in [0.25, 0.3) is 0 Å². The van der Waals surface area contributed by atoms with E-state index >= 15 is 0 Å². The maximum Gasteiger partial charge on any atom is 0.339 e. The Balaban J connectivity index is 0.00000149. The molecule has 0 aliphatic carbocycles. The molecule has 0 heterocycles. The highest BCUT2D eigenvalue weighted by atomic mass is 16.5. The molecular formula is C18H28O5. The van der Waals surface area contributed by atoms with Crippen molar-refractivity contribution in [2.45, 2.75) is 46.5 Å². The Morgan fingerprint density at radius 2 is 1.22 bits per heavy atom. The van der Waals surface area contributed by atoms with Crippen molar-refractivity contribution in [1.82, 2.24) is 0 Å². The number of hydrogen-bond acceptors (Lipinski definition) is 5. The van der Waals surface area contributed by atoms with Gasteiger partial charge in [-0.15, -0.1) is 0 Å². The second kappa shape index (κ2) is 13.8. The molecule has 0 aliphatic heterocycles. The highest BCUT2D eigenvalue weighted by molar-refractivity contribution is 6.03. The molecule has 0 amide bonds. The van der Waals surface area contributed by atoms with Gasteiger partial charge in [0.05, 0.1) is 24.3 Å². The van der Waals surface area contributed by atoms with E-state index in [1.54, 1.807) is 31.2 Å². The summed E-state index contributed by atoms with van der Waals surface area (Å²) >= 11 is 0. The molecule has 0 bridgehead atoms. The van der Waals surface area contributed by atoms with Crippen molar-refractivity contribution >= 4 is 11.9 Å². The lowest BCUT2D eigenvalue weighted by Gasteiger charge is -2.09. The summed E-state index contributed by atoms with van der Waals surface area (Å²) in [6.45, 7) is 6.71. The Labute approximate surface area is 138 Å². The molecule has 1 N–H and O–H groups in total. The lowest BCUT2D eigenvalue weighted by molar-refractivity contribution is 0.0452. The summed E-state index contributed by atoms with van der Waals surface area (Å²) in [5.41, 5.74) is 0.537.